The number of benzene rings is 4. The number of hydrogen-bond acceptors (Lipinski definition) is 9. The van der Waals surface area contributed by atoms with Gasteiger partial charge < -0.3 is 25.2 Å². The second-order valence-electron chi connectivity index (χ2n) is 12.1. The number of para-hydroxylation sites is 1. The standard InChI is InChI=1S/C36H37FN4O9S2/c37-29-8-4-7-28(24-29)36(44)39-31-12-11-25(22-34(31)52(47,48)41-15-19-50-20-16-41)21-32(42)26-5-3-6-27(23-26)35(43)38-30-9-1-2-10-33(30)51(45,46)40-13-17-49-18-14-40/h1-12,22-24,32,42H,13-21H2,(H,38,43)(H,39,44). The number of ether oxygens (including phenoxy) is 2. The van der Waals surface area contributed by atoms with Crippen LogP contribution >= 0.6 is 0 Å². The minimum Gasteiger partial charge on any atom is -0.388 e. The zero-order valence-corrected chi connectivity index (χ0v) is 29.5. The number of nitrogens with one attached hydrogen (secondary N) is 2. The van der Waals surface area contributed by atoms with E-state index in [0.717, 1.165) is 6.07 Å². The SMILES string of the molecule is O=C(Nc1ccccc1S(=O)(=O)N1CCOCC1)c1cccc(C(O)Cc2ccc(NC(=O)c3cccc(F)c3)c(S(=O)(=O)N3CCOCC3)c2)c1. The fourth-order valence-corrected chi connectivity index (χ4v) is 9.07. The maximum absolute atomic E-state index is 13.8. The molecule has 274 valence electrons. The predicted octanol–water partition coefficient (Wildman–Crippen LogP) is 3.65. The molecular weight excluding hydrogens is 716 g/mol. The van der Waals surface area contributed by atoms with Crippen molar-refractivity contribution >= 4 is 43.2 Å². The Morgan fingerprint density at radius 3 is 1.83 bits per heavy atom. The van der Waals surface area contributed by atoms with Crippen molar-refractivity contribution in [2.75, 3.05) is 63.2 Å². The molecule has 4 aromatic carbocycles. The second-order valence-corrected chi connectivity index (χ2v) is 15.9. The Morgan fingerprint density at radius 1 is 0.673 bits per heavy atom. The molecule has 2 saturated heterocycles. The highest BCUT2D eigenvalue weighted by Gasteiger charge is 2.31. The lowest BCUT2D eigenvalue weighted by Crippen LogP contribution is -2.41. The number of rotatable bonds is 11. The number of morpholine rings is 2. The lowest BCUT2D eigenvalue weighted by atomic mass is 9.99. The average molecular weight is 753 g/mol. The van der Waals surface area contributed by atoms with Gasteiger partial charge in [0.15, 0.2) is 0 Å². The molecule has 2 aliphatic heterocycles. The van der Waals surface area contributed by atoms with Crippen LogP contribution < -0.4 is 10.6 Å². The van der Waals surface area contributed by atoms with Gasteiger partial charge in [0, 0.05) is 43.7 Å². The molecule has 6 rings (SSSR count). The van der Waals surface area contributed by atoms with Gasteiger partial charge in [-0.2, -0.15) is 8.61 Å². The van der Waals surface area contributed by atoms with Gasteiger partial charge in [0.25, 0.3) is 11.8 Å². The zero-order valence-electron chi connectivity index (χ0n) is 27.9. The Balaban J connectivity index is 1.23. The predicted molar refractivity (Wildman–Crippen MR) is 189 cm³/mol. The van der Waals surface area contributed by atoms with E-state index >= 15 is 0 Å². The maximum atomic E-state index is 13.8. The quantitative estimate of drug-likeness (QED) is 0.207. The number of anilines is 2. The van der Waals surface area contributed by atoms with Gasteiger partial charge in [-0.25, -0.2) is 21.2 Å². The first kappa shape index (κ1) is 37.2. The third-order valence-corrected chi connectivity index (χ3v) is 12.6. The molecule has 1 unspecified atom stereocenters. The molecule has 4 aromatic rings. The van der Waals surface area contributed by atoms with E-state index in [0.29, 0.717) is 11.1 Å². The molecule has 0 aromatic heterocycles. The summed E-state index contributed by atoms with van der Waals surface area (Å²) >= 11 is 0. The van der Waals surface area contributed by atoms with Crippen molar-refractivity contribution in [3.05, 3.63) is 119 Å². The number of carbonyl (C=O) groups is 2. The number of aliphatic hydroxyl groups excluding tert-OH is 1. The van der Waals surface area contributed by atoms with E-state index in [-0.39, 0.29) is 91.3 Å². The molecule has 13 nitrogen and oxygen atoms in total. The highest BCUT2D eigenvalue weighted by atomic mass is 32.2. The van der Waals surface area contributed by atoms with E-state index in [2.05, 4.69) is 10.6 Å². The minimum absolute atomic E-state index is 0.000326. The van der Waals surface area contributed by atoms with Crippen LogP contribution in [-0.2, 0) is 35.9 Å². The van der Waals surface area contributed by atoms with Gasteiger partial charge in [-0.15, -0.1) is 0 Å². The van der Waals surface area contributed by atoms with Gasteiger partial charge in [0.05, 0.1) is 43.9 Å². The van der Waals surface area contributed by atoms with Gasteiger partial charge in [-0.05, 0) is 65.7 Å². The Labute approximate surface area is 301 Å². The third kappa shape index (κ3) is 8.39. The Kier molecular flexibility index (Phi) is 11.4. The van der Waals surface area contributed by atoms with E-state index in [1.165, 1.54) is 63.2 Å². The lowest BCUT2D eigenvalue weighted by Gasteiger charge is -2.27. The van der Waals surface area contributed by atoms with Gasteiger partial charge >= 0.3 is 0 Å². The summed E-state index contributed by atoms with van der Waals surface area (Å²) in [5.41, 5.74) is 1.00. The van der Waals surface area contributed by atoms with Crippen molar-refractivity contribution in [1.82, 2.24) is 8.61 Å². The van der Waals surface area contributed by atoms with Crippen molar-refractivity contribution < 1.29 is 45.4 Å². The molecular formula is C36H37FN4O9S2. The largest absolute Gasteiger partial charge is 0.388 e. The first-order valence-corrected chi connectivity index (χ1v) is 19.4. The van der Waals surface area contributed by atoms with Crippen LogP contribution in [-0.4, -0.2) is 95.0 Å². The van der Waals surface area contributed by atoms with Crippen molar-refractivity contribution in [3.63, 3.8) is 0 Å². The van der Waals surface area contributed by atoms with E-state index in [1.54, 1.807) is 30.3 Å². The van der Waals surface area contributed by atoms with Crippen molar-refractivity contribution in [3.8, 4) is 0 Å². The third-order valence-electron chi connectivity index (χ3n) is 8.65. The highest BCUT2D eigenvalue weighted by molar-refractivity contribution is 7.89. The number of nitrogens with zero attached hydrogens (tertiary/aromatic N) is 2. The smallest absolute Gasteiger partial charge is 0.255 e. The maximum Gasteiger partial charge on any atom is 0.255 e. The molecule has 1 atom stereocenters. The molecule has 0 aliphatic carbocycles. The Hall–Kier alpha value is -4.55. The van der Waals surface area contributed by atoms with E-state index in [4.69, 9.17) is 9.47 Å². The summed E-state index contributed by atoms with van der Waals surface area (Å²) < 4.78 is 81.4. The molecule has 2 aliphatic rings. The fourth-order valence-electron chi connectivity index (χ4n) is 5.90. The fraction of sp³-hybridized carbons (Fsp3) is 0.278. The monoisotopic (exact) mass is 752 g/mol. The van der Waals surface area contributed by atoms with Crippen molar-refractivity contribution in [2.45, 2.75) is 22.3 Å². The van der Waals surface area contributed by atoms with Crippen LogP contribution in [0.25, 0.3) is 0 Å². The van der Waals surface area contributed by atoms with Gasteiger partial charge in [0.1, 0.15) is 15.6 Å². The van der Waals surface area contributed by atoms with Gasteiger partial charge in [-0.3, -0.25) is 9.59 Å². The van der Waals surface area contributed by atoms with Crippen LogP contribution in [0.15, 0.2) is 101 Å². The first-order chi connectivity index (χ1) is 24.9. The Bertz CT molecular complexity index is 2170. The van der Waals surface area contributed by atoms with Gasteiger partial charge in [-0.1, -0.05) is 36.4 Å². The second kappa shape index (κ2) is 16.0. The molecule has 16 heteroatoms. The van der Waals surface area contributed by atoms with Crippen LogP contribution in [0.5, 0.6) is 0 Å². The van der Waals surface area contributed by atoms with Crippen molar-refractivity contribution in [1.29, 1.82) is 0 Å². The van der Waals surface area contributed by atoms with Crippen LogP contribution in [0, 0.1) is 5.82 Å². The molecule has 0 saturated carbocycles. The molecule has 0 radical (unpaired) electrons. The van der Waals surface area contributed by atoms with Crippen LogP contribution in [0.3, 0.4) is 0 Å². The molecule has 2 fully saturated rings. The molecule has 2 heterocycles. The summed E-state index contributed by atoms with van der Waals surface area (Å²) in [5, 5.41) is 16.6. The number of halogens is 1. The summed E-state index contributed by atoms with van der Waals surface area (Å²) in [5.74, 6) is -1.93. The molecule has 0 bridgehead atoms. The van der Waals surface area contributed by atoms with Crippen molar-refractivity contribution in [2.24, 2.45) is 0 Å². The Morgan fingerprint density at radius 2 is 1.21 bits per heavy atom. The number of hydrogen-bond donors (Lipinski definition) is 3. The minimum atomic E-state index is -4.14. The number of sulfonamides is 2. The van der Waals surface area contributed by atoms with Crippen LogP contribution in [0.4, 0.5) is 15.8 Å². The molecule has 3 N–H and O–H groups in total. The molecule has 2 amide bonds. The number of amides is 2. The number of carbonyl (C=O) groups excluding carboxylic acids is 2. The summed E-state index contributed by atoms with van der Waals surface area (Å²) in [4.78, 5) is 26.1. The molecule has 52 heavy (non-hydrogen) atoms. The highest BCUT2D eigenvalue weighted by Crippen LogP contribution is 2.30. The average Bonchev–Trinajstić information content (AvgIpc) is 3.16. The summed E-state index contributed by atoms with van der Waals surface area (Å²) in [6, 6.07) is 21.6. The lowest BCUT2D eigenvalue weighted by molar-refractivity contribution is 0.0730. The van der Waals surface area contributed by atoms with Crippen LogP contribution in [0.1, 0.15) is 37.9 Å². The zero-order chi connectivity index (χ0) is 36.9. The first-order valence-electron chi connectivity index (χ1n) is 16.5. The van der Waals surface area contributed by atoms with E-state index in [9.17, 15) is 35.9 Å². The van der Waals surface area contributed by atoms with Crippen LogP contribution in [0.2, 0.25) is 0 Å². The van der Waals surface area contributed by atoms with E-state index in [1.807, 2.05) is 0 Å². The molecule has 0 spiro atoms. The topological polar surface area (TPSA) is 172 Å². The van der Waals surface area contributed by atoms with E-state index < -0.39 is 43.8 Å². The number of aliphatic hydroxyl groups is 1. The van der Waals surface area contributed by atoms with Gasteiger partial charge in [0.2, 0.25) is 20.0 Å². The normalized spacial score (nSPS) is 16.6. The summed E-state index contributed by atoms with van der Waals surface area (Å²) in [6.45, 7) is 1.52. The summed E-state index contributed by atoms with van der Waals surface area (Å²) in [6.07, 6.45) is -1.25. The summed E-state index contributed by atoms with van der Waals surface area (Å²) in [7, 11) is -8.06.